The quantitative estimate of drug-likeness (QED) is 0.735. The summed E-state index contributed by atoms with van der Waals surface area (Å²) in [6, 6.07) is 0.00917. The lowest BCUT2D eigenvalue weighted by Gasteiger charge is -2.35. The van der Waals surface area contributed by atoms with Crippen LogP contribution in [-0.4, -0.2) is 53.7 Å². The van der Waals surface area contributed by atoms with Gasteiger partial charge in [0.05, 0.1) is 0 Å². The maximum atomic E-state index is 12.1. The van der Waals surface area contributed by atoms with Crippen LogP contribution in [0.25, 0.3) is 0 Å². The zero-order valence-electron chi connectivity index (χ0n) is 12.9. The molecular weight excluding hydrogens is 270 g/mol. The summed E-state index contributed by atoms with van der Waals surface area (Å²) in [6.07, 6.45) is 7.30. The SMILES string of the molecule is CN1CCCCC1CNC(=O)NC1(C(=O)O)CCCCC1. The number of urea groups is 1. The van der Waals surface area contributed by atoms with Gasteiger partial charge in [-0.1, -0.05) is 25.7 Å². The van der Waals surface area contributed by atoms with E-state index in [0.717, 1.165) is 32.2 Å². The van der Waals surface area contributed by atoms with Crippen LogP contribution in [0.3, 0.4) is 0 Å². The summed E-state index contributed by atoms with van der Waals surface area (Å²) in [5.41, 5.74) is -1.07. The van der Waals surface area contributed by atoms with Gasteiger partial charge in [0.2, 0.25) is 0 Å². The number of aliphatic carboxylic acids is 1. The summed E-state index contributed by atoms with van der Waals surface area (Å²) in [5, 5.41) is 15.0. The van der Waals surface area contributed by atoms with Gasteiger partial charge >= 0.3 is 12.0 Å². The minimum atomic E-state index is -1.07. The van der Waals surface area contributed by atoms with Crippen LogP contribution < -0.4 is 10.6 Å². The summed E-state index contributed by atoms with van der Waals surface area (Å²) in [4.78, 5) is 25.8. The Balaban J connectivity index is 1.83. The molecule has 1 atom stereocenters. The summed E-state index contributed by atoms with van der Waals surface area (Å²) in [7, 11) is 2.07. The van der Waals surface area contributed by atoms with E-state index in [4.69, 9.17) is 0 Å². The molecule has 1 unspecified atom stereocenters. The second-order valence-electron chi connectivity index (χ2n) is 6.41. The molecule has 1 saturated heterocycles. The minimum Gasteiger partial charge on any atom is -0.480 e. The largest absolute Gasteiger partial charge is 0.480 e. The van der Waals surface area contributed by atoms with E-state index in [0.29, 0.717) is 25.4 Å². The summed E-state index contributed by atoms with van der Waals surface area (Å²) in [5.74, 6) is -0.910. The van der Waals surface area contributed by atoms with Crippen LogP contribution in [0.5, 0.6) is 0 Å². The van der Waals surface area contributed by atoms with E-state index in [-0.39, 0.29) is 6.03 Å². The first-order valence-corrected chi connectivity index (χ1v) is 8.03. The van der Waals surface area contributed by atoms with Gasteiger partial charge in [-0.2, -0.15) is 0 Å². The highest BCUT2D eigenvalue weighted by Gasteiger charge is 2.41. The Labute approximate surface area is 126 Å². The number of carbonyl (C=O) groups excluding carboxylic acids is 1. The smallest absolute Gasteiger partial charge is 0.329 e. The molecule has 2 rings (SSSR count). The molecule has 3 N–H and O–H groups in total. The van der Waals surface area contributed by atoms with Crippen molar-refractivity contribution >= 4 is 12.0 Å². The number of carboxylic acid groups (broad SMARTS) is 1. The fourth-order valence-electron chi connectivity index (χ4n) is 3.42. The molecule has 0 aromatic carbocycles. The fourth-order valence-corrected chi connectivity index (χ4v) is 3.42. The first-order chi connectivity index (χ1) is 10.0. The van der Waals surface area contributed by atoms with Crippen molar-refractivity contribution in [2.75, 3.05) is 20.1 Å². The molecule has 0 aromatic heterocycles. The molecule has 1 heterocycles. The number of rotatable bonds is 4. The van der Waals surface area contributed by atoms with E-state index in [1.54, 1.807) is 0 Å². The van der Waals surface area contributed by atoms with Gasteiger partial charge in [0.25, 0.3) is 0 Å². The second-order valence-corrected chi connectivity index (χ2v) is 6.41. The number of piperidine rings is 1. The van der Waals surface area contributed by atoms with E-state index in [1.807, 2.05) is 0 Å². The van der Waals surface area contributed by atoms with Crippen molar-refractivity contribution in [2.45, 2.75) is 62.9 Å². The Morgan fingerprint density at radius 3 is 2.52 bits per heavy atom. The Bertz CT molecular complexity index is 380. The highest BCUT2D eigenvalue weighted by atomic mass is 16.4. The van der Waals surface area contributed by atoms with E-state index in [1.165, 1.54) is 12.8 Å². The molecule has 2 amide bonds. The molecule has 6 nitrogen and oxygen atoms in total. The molecular formula is C15H27N3O3. The molecule has 1 aliphatic heterocycles. The lowest BCUT2D eigenvalue weighted by molar-refractivity contribution is -0.145. The maximum Gasteiger partial charge on any atom is 0.329 e. The van der Waals surface area contributed by atoms with Crippen molar-refractivity contribution in [1.29, 1.82) is 0 Å². The van der Waals surface area contributed by atoms with E-state index >= 15 is 0 Å². The molecule has 6 heteroatoms. The van der Waals surface area contributed by atoms with Crippen molar-refractivity contribution in [3.05, 3.63) is 0 Å². The molecule has 0 aromatic rings. The first kappa shape index (κ1) is 16.1. The van der Waals surface area contributed by atoms with Gasteiger partial charge in [-0.15, -0.1) is 0 Å². The van der Waals surface area contributed by atoms with Crippen LogP contribution in [0.15, 0.2) is 0 Å². The number of carbonyl (C=O) groups is 2. The summed E-state index contributed by atoms with van der Waals surface area (Å²) < 4.78 is 0. The van der Waals surface area contributed by atoms with Crippen molar-refractivity contribution in [3.63, 3.8) is 0 Å². The molecule has 2 aliphatic rings. The van der Waals surface area contributed by atoms with Crippen molar-refractivity contribution < 1.29 is 14.7 Å². The summed E-state index contributed by atoms with van der Waals surface area (Å²) in [6.45, 7) is 1.64. The molecule has 2 fully saturated rings. The first-order valence-electron chi connectivity index (χ1n) is 8.03. The average molecular weight is 297 g/mol. The molecule has 0 radical (unpaired) electrons. The van der Waals surface area contributed by atoms with Gasteiger partial charge in [0.15, 0.2) is 0 Å². The van der Waals surface area contributed by atoms with E-state index in [9.17, 15) is 14.7 Å². The Hall–Kier alpha value is -1.30. The maximum absolute atomic E-state index is 12.1. The zero-order chi connectivity index (χ0) is 15.3. The normalized spacial score (nSPS) is 26.0. The number of hydrogen-bond acceptors (Lipinski definition) is 3. The van der Waals surface area contributed by atoms with Gasteiger partial charge in [-0.3, -0.25) is 0 Å². The zero-order valence-corrected chi connectivity index (χ0v) is 12.9. The molecule has 21 heavy (non-hydrogen) atoms. The van der Waals surface area contributed by atoms with Gasteiger partial charge in [0.1, 0.15) is 5.54 Å². The third-order valence-corrected chi connectivity index (χ3v) is 4.89. The molecule has 120 valence electrons. The number of likely N-dealkylation sites (N-methyl/N-ethyl adjacent to an activating group) is 1. The Morgan fingerprint density at radius 2 is 1.90 bits per heavy atom. The van der Waals surface area contributed by atoms with E-state index in [2.05, 4.69) is 22.6 Å². The predicted molar refractivity (Wildman–Crippen MR) is 80.3 cm³/mol. The van der Waals surface area contributed by atoms with Crippen molar-refractivity contribution in [3.8, 4) is 0 Å². The van der Waals surface area contributed by atoms with Gasteiger partial charge < -0.3 is 20.6 Å². The summed E-state index contributed by atoms with van der Waals surface area (Å²) >= 11 is 0. The van der Waals surface area contributed by atoms with Gasteiger partial charge in [-0.05, 0) is 39.3 Å². The minimum absolute atomic E-state index is 0.349. The number of nitrogens with zero attached hydrogens (tertiary/aromatic N) is 1. The third kappa shape index (κ3) is 4.09. The number of hydrogen-bond donors (Lipinski definition) is 3. The Morgan fingerprint density at radius 1 is 1.19 bits per heavy atom. The van der Waals surface area contributed by atoms with Gasteiger partial charge in [0, 0.05) is 12.6 Å². The lowest BCUT2D eigenvalue weighted by Crippen LogP contribution is -2.59. The van der Waals surface area contributed by atoms with Crippen LogP contribution in [0, 0.1) is 0 Å². The van der Waals surface area contributed by atoms with Crippen LogP contribution in [0.2, 0.25) is 0 Å². The third-order valence-electron chi connectivity index (χ3n) is 4.89. The number of amides is 2. The number of likely N-dealkylation sites (tertiary alicyclic amines) is 1. The molecule has 0 spiro atoms. The highest BCUT2D eigenvalue weighted by molar-refractivity contribution is 5.86. The fraction of sp³-hybridized carbons (Fsp3) is 0.867. The number of nitrogens with one attached hydrogen (secondary N) is 2. The van der Waals surface area contributed by atoms with Crippen LogP contribution in [0.4, 0.5) is 4.79 Å². The van der Waals surface area contributed by atoms with Crippen molar-refractivity contribution in [2.24, 2.45) is 0 Å². The van der Waals surface area contributed by atoms with Crippen LogP contribution >= 0.6 is 0 Å². The van der Waals surface area contributed by atoms with Gasteiger partial charge in [-0.25, -0.2) is 9.59 Å². The topological polar surface area (TPSA) is 81.7 Å². The molecule has 1 aliphatic carbocycles. The Kier molecular flexibility index (Phi) is 5.45. The molecule has 1 saturated carbocycles. The predicted octanol–water partition coefficient (Wildman–Crippen LogP) is 1.56. The second kappa shape index (κ2) is 7.11. The van der Waals surface area contributed by atoms with Crippen LogP contribution in [-0.2, 0) is 4.79 Å². The number of carboxylic acids is 1. The van der Waals surface area contributed by atoms with Crippen molar-refractivity contribution in [1.82, 2.24) is 15.5 Å². The van der Waals surface area contributed by atoms with E-state index < -0.39 is 11.5 Å². The van der Waals surface area contributed by atoms with Crippen LogP contribution in [0.1, 0.15) is 51.4 Å². The monoisotopic (exact) mass is 297 g/mol. The lowest BCUT2D eigenvalue weighted by atomic mass is 9.82. The highest BCUT2D eigenvalue weighted by Crippen LogP contribution is 2.28. The average Bonchev–Trinajstić information content (AvgIpc) is 2.47. The molecule has 0 bridgehead atoms. The standard InChI is InChI=1S/C15H27N3O3/c1-18-10-6-3-7-12(18)11-16-14(21)17-15(13(19)20)8-4-2-5-9-15/h12H,2-11H2,1H3,(H,19,20)(H2,16,17,21).